The average molecular weight is 246 g/mol. The van der Waals surface area contributed by atoms with Crippen molar-refractivity contribution in [2.75, 3.05) is 7.05 Å². The summed E-state index contributed by atoms with van der Waals surface area (Å²) in [6, 6.07) is -0.416. The monoisotopic (exact) mass is 246 g/mol. The van der Waals surface area contributed by atoms with E-state index in [9.17, 15) is 19.2 Å². The van der Waals surface area contributed by atoms with Crippen LogP contribution in [0, 0.1) is 0 Å². The number of hydrogen-bond donors (Lipinski definition) is 3. The summed E-state index contributed by atoms with van der Waals surface area (Å²) in [5, 5.41) is 13.1. The largest absolute Gasteiger partial charge is 0.477 e. The second kappa shape index (κ2) is 5.83. The van der Waals surface area contributed by atoms with Gasteiger partial charge in [0, 0.05) is 13.1 Å². The topological polar surface area (TPSA) is 122 Å². The lowest BCUT2D eigenvalue weighted by Gasteiger charge is -2.25. The second-order valence-electron chi connectivity index (χ2n) is 3.41. The zero-order valence-corrected chi connectivity index (χ0v) is 9.64. The van der Waals surface area contributed by atoms with Gasteiger partial charge < -0.3 is 20.5 Å². The van der Waals surface area contributed by atoms with Gasteiger partial charge in [-0.25, -0.2) is 4.79 Å². The van der Waals surface area contributed by atoms with Crippen LogP contribution in [0.5, 0.6) is 0 Å². The fourth-order valence-corrected chi connectivity index (χ4v) is 1.07. The van der Waals surface area contributed by atoms with Gasteiger partial charge in [-0.2, -0.15) is 0 Å². The highest BCUT2D eigenvalue weighted by Crippen LogP contribution is 2.12. The summed E-state index contributed by atoms with van der Waals surface area (Å²) in [7, 11) is 1.12. The van der Waals surface area contributed by atoms with E-state index in [1.54, 1.807) is 13.8 Å². The molecule has 8 nitrogen and oxygen atoms in total. The molecule has 0 aliphatic heterocycles. The highest BCUT2D eigenvalue weighted by Gasteiger charge is 2.56. The van der Waals surface area contributed by atoms with Gasteiger partial charge in [0.15, 0.2) is 0 Å². The summed E-state index contributed by atoms with van der Waals surface area (Å²) >= 11 is 0. The Kier molecular flexibility index (Phi) is 5.10. The average Bonchev–Trinajstić information content (AvgIpc) is 2.23. The summed E-state index contributed by atoms with van der Waals surface area (Å²) < 4.78 is 4.20. The molecular formula is C9H14N2O6. The maximum atomic E-state index is 11.7. The van der Waals surface area contributed by atoms with Gasteiger partial charge in [-0.1, -0.05) is 0 Å². The molecule has 0 radical (unpaired) electrons. The molecule has 0 aromatic heterocycles. The first-order valence-electron chi connectivity index (χ1n) is 4.70. The number of carboxylic acids is 1. The SMILES string of the molecule is CNC(=O)C(OC=O)(C(=O)O)C(=O)NC(C)C. The molecule has 0 aromatic rings. The molecular weight excluding hydrogens is 232 g/mol. The van der Waals surface area contributed by atoms with E-state index in [1.807, 2.05) is 5.32 Å². The Morgan fingerprint density at radius 1 is 1.29 bits per heavy atom. The number of carbonyl (C=O) groups is 4. The highest BCUT2D eigenvalue weighted by atomic mass is 16.6. The van der Waals surface area contributed by atoms with Crippen LogP contribution < -0.4 is 10.6 Å². The minimum Gasteiger partial charge on any atom is -0.477 e. The minimum absolute atomic E-state index is 0.261. The molecule has 1 unspecified atom stereocenters. The Balaban J connectivity index is 5.46. The van der Waals surface area contributed by atoms with Crippen molar-refractivity contribution in [2.45, 2.75) is 25.5 Å². The lowest BCUT2D eigenvalue weighted by molar-refractivity contribution is -0.181. The molecule has 0 heterocycles. The molecule has 0 aromatic carbocycles. The fraction of sp³-hybridized carbons (Fsp3) is 0.556. The van der Waals surface area contributed by atoms with Crippen LogP contribution in [0.4, 0.5) is 0 Å². The molecule has 0 aliphatic rings. The number of amides is 2. The third-order valence-corrected chi connectivity index (χ3v) is 1.81. The summed E-state index contributed by atoms with van der Waals surface area (Å²) in [4.78, 5) is 44.4. The van der Waals surface area contributed by atoms with Crippen LogP contribution in [0.1, 0.15) is 13.8 Å². The maximum Gasteiger partial charge on any atom is 0.368 e. The lowest BCUT2D eigenvalue weighted by atomic mass is 10.0. The number of carboxylic acid groups (broad SMARTS) is 1. The van der Waals surface area contributed by atoms with Crippen molar-refractivity contribution in [3.63, 3.8) is 0 Å². The standard InChI is InChI=1S/C9H14N2O6/c1-5(2)11-7(14)9(8(15)16,17-4-12)6(13)10-3/h4-5H,1-3H3,(H,10,13)(H,11,14)(H,15,16). The van der Waals surface area contributed by atoms with Crippen molar-refractivity contribution in [3.8, 4) is 0 Å². The number of nitrogens with one attached hydrogen (secondary N) is 2. The van der Waals surface area contributed by atoms with E-state index in [0.717, 1.165) is 7.05 Å². The highest BCUT2D eigenvalue weighted by molar-refractivity contribution is 6.25. The number of rotatable bonds is 6. The van der Waals surface area contributed by atoms with E-state index >= 15 is 0 Å². The Morgan fingerprint density at radius 3 is 2.12 bits per heavy atom. The summed E-state index contributed by atoms with van der Waals surface area (Å²) in [5.74, 6) is -4.33. The smallest absolute Gasteiger partial charge is 0.368 e. The van der Waals surface area contributed by atoms with Gasteiger partial charge in [0.2, 0.25) is 0 Å². The Bertz CT molecular complexity index is 340. The van der Waals surface area contributed by atoms with E-state index in [0.29, 0.717) is 0 Å². The zero-order chi connectivity index (χ0) is 13.6. The number of aliphatic carboxylic acids is 1. The zero-order valence-electron chi connectivity index (χ0n) is 9.64. The van der Waals surface area contributed by atoms with Crippen molar-refractivity contribution in [2.24, 2.45) is 0 Å². The van der Waals surface area contributed by atoms with Crippen molar-refractivity contribution >= 4 is 24.3 Å². The van der Waals surface area contributed by atoms with Gasteiger partial charge in [0.25, 0.3) is 18.3 Å². The molecule has 0 saturated carbocycles. The molecule has 0 rings (SSSR count). The first-order chi connectivity index (χ1) is 7.82. The molecule has 0 spiro atoms. The number of hydrogen-bond acceptors (Lipinski definition) is 5. The van der Waals surface area contributed by atoms with Crippen molar-refractivity contribution < 1.29 is 29.0 Å². The number of likely N-dealkylation sites (N-methyl/N-ethyl adjacent to an activating group) is 1. The normalized spacial score (nSPS) is 13.4. The molecule has 17 heavy (non-hydrogen) atoms. The Hall–Kier alpha value is -2.12. The summed E-state index contributed by atoms with van der Waals surface area (Å²) in [6.07, 6.45) is 0. The van der Waals surface area contributed by atoms with Gasteiger partial charge in [0.05, 0.1) is 0 Å². The van der Waals surface area contributed by atoms with Crippen LogP contribution in [0.25, 0.3) is 0 Å². The molecule has 1 atom stereocenters. The summed E-state index contributed by atoms with van der Waals surface area (Å²) in [6.45, 7) is 2.87. The van der Waals surface area contributed by atoms with Crippen LogP contribution in [0.2, 0.25) is 0 Å². The first-order valence-corrected chi connectivity index (χ1v) is 4.70. The van der Waals surface area contributed by atoms with Gasteiger partial charge in [-0.15, -0.1) is 0 Å². The van der Waals surface area contributed by atoms with E-state index in [-0.39, 0.29) is 6.47 Å². The van der Waals surface area contributed by atoms with Crippen molar-refractivity contribution in [1.29, 1.82) is 0 Å². The summed E-state index contributed by atoms with van der Waals surface area (Å²) in [5.41, 5.74) is -2.90. The quantitative estimate of drug-likeness (QED) is 0.377. The number of carbonyl (C=O) groups excluding carboxylic acids is 3. The molecule has 3 N–H and O–H groups in total. The van der Waals surface area contributed by atoms with E-state index in [2.05, 4.69) is 10.1 Å². The van der Waals surface area contributed by atoms with Crippen LogP contribution in [-0.4, -0.2) is 48.1 Å². The van der Waals surface area contributed by atoms with Gasteiger partial charge in [-0.3, -0.25) is 14.4 Å². The first kappa shape index (κ1) is 14.9. The Labute approximate surface area is 97.3 Å². The van der Waals surface area contributed by atoms with Gasteiger partial charge >= 0.3 is 11.6 Å². The minimum atomic E-state index is -2.90. The van der Waals surface area contributed by atoms with Crippen LogP contribution in [-0.2, 0) is 23.9 Å². The molecule has 0 saturated heterocycles. The molecule has 0 bridgehead atoms. The molecule has 8 heteroatoms. The van der Waals surface area contributed by atoms with Crippen molar-refractivity contribution in [3.05, 3.63) is 0 Å². The predicted molar refractivity (Wildman–Crippen MR) is 54.9 cm³/mol. The van der Waals surface area contributed by atoms with Gasteiger partial charge in [-0.05, 0) is 13.8 Å². The molecule has 0 fully saturated rings. The lowest BCUT2D eigenvalue weighted by Crippen LogP contribution is -2.63. The van der Waals surface area contributed by atoms with Crippen LogP contribution >= 0.6 is 0 Å². The van der Waals surface area contributed by atoms with Crippen molar-refractivity contribution in [1.82, 2.24) is 10.6 Å². The molecule has 96 valence electrons. The van der Waals surface area contributed by atoms with Crippen LogP contribution in [0.3, 0.4) is 0 Å². The molecule has 2 amide bonds. The van der Waals surface area contributed by atoms with E-state index in [4.69, 9.17) is 5.11 Å². The van der Waals surface area contributed by atoms with E-state index in [1.165, 1.54) is 0 Å². The number of ether oxygens (including phenoxy) is 1. The Morgan fingerprint density at radius 2 is 1.82 bits per heavy atom. The second-order valence-corrected chi connectivity index (χ2v) is 3.41. The fourth-order valence-electron chi connectivity index (χ4n) is 1.07. The third kappa shape index (κ3) is 2.92. The van der Waals surface area contributed by atoms with E-state index < -0.39 is 29.4 Å². The van der Waals surface area contributed by atoms with Crippen LogP contribution in [0.15, 0.2) is 0 Å². The maximum absolute atomic E-state index is 11.7. The molecule has 0 aliphatic carbocycles. The predicted octanol–water partition coefficient (Wildman–Crippen LogP) is -1.75. The third-order valence-electron chi connectivity index (χ3n) is 1.81. The van der Waals surface area contributed by atoms with Gasteiger partial charge in [0.1, 0.15) is 0 Å².